The average Bonchev–Trinajstić information content (AvgIpc) is 2.96. The van der Waals surface area contributed by atoms with E-state index in [4.69, 9.17) is 10.00 Å². The maximum Gasteiger partial charge on any atom is 0.291 e. The molecule has 1 N–H and O–H groups in total. The van der Waals surface area contributed by atoms with E-state index in [1.54, 1.807) is 16.7 Å². The number of nitrogens with zero attached hydrogens (tertiary/aromatic N) is 3. The largest absolute Gasteiger partial charge is 0.361 e. The highest BCUT2D eigenvalue weighted by Crippen LogP contribution is 2.15. The third-order valence-electron chi connectivity index (χ3n) is 3.42. The number of carbonyl (C=O) groups is 1. The molecule has 1 aromatic heterocycles. The van der Waals surface area contributed by atoms with E-state index in [-0.39, 0.29) is 24.2 Å². The summed E-state index contributed by atoms with van der Waals surface area (Å²) in [5.41, 5.74) is 0.843. The van der Waals surface area contributed by atoms with Crippen LogP contribution in [-0.2, 0) is 11.5 Å². The van der Waals surface area contributed by atoms with Crippen molar-refractivity contribution in [2.45, 2.75) is 32.4 Å². The SMILES string of the molecule is C[Si](C)(C)CCOCn1cc(C#N)nc1C(=O)Nc1ccc(Br)cc1. The fourth-order valence-electron chi connectivity index (χ4n) is 2.01. The van der Waals surface area contributed by atoms with Crippen molar-refractivity contribution in [3.05, 3.63) is 46.5 Å². The number of nitriles is 1. The van der Waals surface area contributed by atoms with Crippen LogP contribution in [0.1, 0.15) is 16.3 Å². The summed E-state index contributed by atoms with van der Waals surface area (Å²) in [5.74, 6) is -0.218. The van der Waals surface area contributed by atoms with Crippen molar-refractivity contribution in [1.82, 2.24) is 9.55 Å². The molecule has 1 aromatic carbocycles. The average molecular weight is 421 g/mol. The lowest BCUT2D eigenvalue weighted by Crippen LogP contribution is -2.23. The van der Waals surface area contributed by atoms with Gasteiger partial charge in [0.1, 0.15) is 12.8 Å². The van der Waals surface area contributed by atoms with Gasteiger partial charge in [-0.05, 0) is 30.3 Å². The molecule has 0 unspecified atom stereocenters. The molecule has 6 nitrogen and oxygen atoms in total. The van der Waals surface area contributed by atoms with Crippen LogP contribution in [0.5, 0.6) is 0 Å². The monoisotopic (exact) mass is 420 g/mol. The Labute approximate surface area is 157 Å². The molecule has 25 heavy (non-hydrogen) atoms. The number of halogens is 1. The highest BCUT2D eigenvalue weighted by molar-refractivity contribution is 9.10. The Hall–Kier alpha value is -1.95. The first-order valence-electron chi connectivity index (χ1n) is 7.90. The van der Waals surface area contributed by atoms with Crippen molar-refractivity contribution in [2.75, 3.05) is 11.9 Å². The molecule has 1 amide bonds. The van der Waals surface area contributed by atoms with E-state index in [1.807, 2.05) is 18.2 Å². The molecule has 0 radical (unpaired) electrons. The summed E-state index contributed by atoms with van der Waals surface area (Å²) < 4.78 is 8.16. The Balaban J connectivity index is 2.06. The Bertz CT molecular complexity index is 775. The van der Waals surface area contributed by atoms with E-state index in [0.717, 1.165) is 10.5 Å². The molecule has 0 saturated heterocycles. The van der Waals surface area contributed by atoms with Crippen LogP contribution in [0.15, 0.2) is 34.9 Å². The van der Waals surface area contributed by atoms with E-state index < -0.39 is 8.07 Å². The predicted molar refractivity (Wildman–Crippen MR) is 103 cm³/mol. The van der Waals surface area contributed by atoms with E-state index in [9.17, 15) is 4.79 Å². The molecule has 1 heterocycles. The van der Waals surface area contributed by atoms with Crippen molar-refractivity contribution in [3.8, 4) is 6.07 Å². The number of benzene rings is 1. The molecule has 0 bridgehead atoms. The number of aromatic nitrogens is 2. The van der Waals surface area contributed by atoms with Crippen molar-refractivity contribution < 1.29 is 9.53 Å². The van der Waals surface area contributed by atoms with E-state index in [1.165, 1.54) is 6.20 Å². The third kappa shape index (κ3) is 6.12. The number of hydrogen-bond donors (Lipinski definition) is 1. The molecule has 0 aliphatic carbocycles. The fraction of sp³-hybridized carbons (Fsp3) is 0.353. The first-order valence-corrected chi connectivity index (χ1v) is 12.4. The van der Waals surface area contributed by atoms with Crippen LogP contribution >= 0.6 is 15.9 Å². The quantitative estimate of drug-likeness (QED) is 0.540. The van der Waals surface area contributed by atoms with Gasteiger partial charge in [0.25, 0.3) is 5.91 Å². The minimum Gasteiger partial charge on any atom is -0.361 e. The summed E-state index contributed by atoms with van der Waals surface area (Å²) in [6, 6.07) is 10.2. The van der Waals surface area contributed by atoms with Crippen LogP contribution in [0.2, 0.25) is 25.7 Å². The molecular formula is C17H21BrN4O2Si. The zero-order valence-electron chi connectivity index (χ0n) is 14.5. The lowest BCUT2D eigenvalue weighted by Gasteiger charge is -2.16. The molecule has 0 atom stereocenters. The Morgan fingerprint density at radius 3 is 2.64 bits per heavy atom. The Kier molecular flexibility index (Phi) is 6.53. The smallest absolute Gasteiger partial charge is 0.291 e. The molecule has 132 valence electrons. The topological polar surface area (TPSA) is 79.9 Å². The fourth-order valence-corrected chi connectivity index (χ4v) is 3.03. The normalized spacial score (nSPS) is 11.2. The summed E-state index contributed by atoms with van der Waals surface area (Å²) in [4.78, 5) is 16.6. The van der Waals surface area contributed by atoms with Crippen LogP contribution in [-0.4, -0.2) is 30.1 Å². The van der Waals surface area contributed by atoms with Gasteiger partial charge < -0.3 is 14.6 Å². The molecule has 0 aliphatic heterocycles. The second kappa shape index (κ2) is 8.42. The van der Waals surface area contributed by atoms with E-state index >= 15 is 0 Å². The van der Waals surface area contributed by atoms with Gasteiger partial charge in [-0.2, -0.15) is 5.26 Å². The van der Waals surface area contributed by atoms with Crippen molar-refractivity contribution >= 4 is 35.6 Å². The summed E-state index contributed by atoms with van der Waals surface area (Å²) >= 11 is 3.35. The lowest BCUT2D eigenvalue weighted by atomic mass is 10.3. The second-order valence-electron chi connectivity index (χ2n) is 6.84. The number of carbonyl (C=O) groups excluding carboxylic acids is 1. The number of hydrogen-bond acceptors (Lipinski definition) is 4. The van der Waals surface area contributed by atoms with E-state index in [2.05, 4.69) is 45.9 Å². The van der Waals surface area contributed by atoms with Gasteiger partial charge in [-0.15, -0.1) is 0 Å². The van der Waals surface area contributed by atoms with Crippen LogP contribution in [0.25, 0.3) is 0 Å². The minimum absolute atomic E-state index is 0.160. The predicted octanol–water partition coefficient (Wildman–Crippen LogP) is 4.08. The van der Waals surface area contributed by atoms with Crippen molar-refractivity contribution in [2.24, 2.45) is 0 Å². The van der Waals surface area contributed by atoms with Gasteiger partial charge in [-0.1, -0.05) is 35.6 Å². The summed E-state index contributed by atoms with van der Waals surface area (Å²) in [5, 5.41) is 11.8. The zero-order chi connectivity index (χ0) is 18.4. The number of amides is 1. The zero-order valence-corrected chi connectivity index (χ0v) is 17.1. The van der Waals surface area contributed by atoms with Crippen LogP contribution < -0.4 is 5.32 Å². The molecule has 0 fully saturated rings. The van der Waals surface area contributed by atoms with Gasteiger partial charge in [-0.25, -0.2) is 4.98 Å². The van der Waals surface area contributed by atoms with Crippen LogP contribution in [0.3, 0.4) is 0 Å². The van der Waals surface area contributed by atoms with Gasteiger partial charge in [0.2, 0.25) is 5.82 Å². The highest BCUT2D eigenvalue weighted by atomic mass is 79.9. The van der Waals surface area contributed by atoms with Gasteiger partial charge in [-0.3, -0.25) is 4.79 Å². The molecule has 2 aromatic rings. The van der Waals surface area contributed by atoms with E-state index in [0.29, 0.717) is 12.3 Å². The second-order valence-corrected chi connectivity index (χ2v) is 13.4. The molecule has 8 heteroatoms. The van der Waals surface area contributed by atoms with Gasteiger partial charge in [0, 0.05) is 31.0 Å². The summed E-state index contributed by atoms with van der Waals surface area (Å²) in [6.07, 6.45) is 1.53. The first-order chi connectivity index (χ1) is 11.8. The Morgan fingerprint density at radius 1 is 1.36 bits per heavy atom. The summed E-state index contributed by atoms with van der Waals surface area (Å²) in [7, 11) is -1.17. The molecule has 2 rings (SSSR count). The van der Waals surface area contributed by atoms with Crippen LogP contribution in [0.4, 0.5) is 5.69 Å². The number of ether oxygens (including phenoxy) is 1. The highest BCUT2D eigenvalue weighted by Gasteiger charge is 2.17. The van der Waals surface area contributed by atoms with Gasteiger partial charge in [0.15, 0.2) is 5.69 Å². The number of imidazole rings is 1. The first kappa shape index (κ1) is 19.4. The lowest BCUT2D eigenvalue weighted by molar-refractivity contribution is 0.0808. The van der Waals surface area contributed by atoms with Crippen molar-refractivity contribution in [1.29, 1.82) is 5.26 Å². The minimum atomic E-state index is -1.17. The number of anilines is 1. The van der Waals surface area contributed by atoms with Gasteiger partial charge >= 0.3 is 0 Å². The van der Waals surface area contributed by atoms with Crippen LogP contribution in [0, 0.1) is 11.3 Å². The Morgan fingerprint density at radius 2 is 2.04 bits per heavy atom. The maximum absolute atomic E-state index is 12.5. The van der Waals surface area contributed by atoms with Gasteiger partial charge in [0.05, 0.1) is 0 Å². The third-order valence-corrected chi connectivity index (χ3v) is 5.66. The number of rotatable bonds is 7. The number of nitrogens with one attached hydrogen (secondary N) is 1. The molecule has 0 saturated carbocycles. The standard InChI is InChI=1S/C17H21BrN4O2Si/c1-25(2,3)9-8-24-12-22-11-15(10-19)20-16(22)17(23)21-14-6-4-13(18)5-7-14/h4-7,11H,8-9,12H2,1-3H3,(H,21,23). The molecule has 0 aliphatic rings. The molecule has 0 spiro atoms. The van der Waals surface area contributed by atoms with Crippen molar-refractivity contribution in [3.63, 3.8) is 0 Å². The maximum atomic E-state index is 12.5. The molecular weight excluding hydrogens is 400 g/mol. The summed E-state index contributed by atoms with van der Waals surface area (Å²) in [6.45, 7) is 7.65.